The Morgan fingerprint density at radius 2 is 1.05 bits per heavy atom. The summed E-state index contributed by atoms with van der Waals surface area (Å²) < 4.78 is 100. The highest BCUT2D eigenvalue weighted by Gasteiger charge is 2.41. The van der Waals surface area contributed by atoms with E-state index in [0.29, 0.717) is 0 Å². The van der Waals surface area contributed by atoms with Crippen LogP contribution in [0.3, 0.4) is 0 Å². The zero-order valence-electron chi connectivity index (χ0n) is 20.3. The van der Waals surface area contributed by atoms with Crippen molar-refractivity contribution in [3.63, 3.8) is 0 Å². The number of rotatable bonds is 10. The summed E-state index contributed by atoms with van der Waals surface area (Å²) in [6, 6.07) is 28.0. The second-order valence-corrected chi connectivity index (χ2v) is 10.7. The Hall–Kier alpha value is -3.40. The van der Waals surface area contributed by atoms with Crippen LogP contribution in [0.2, 0.25) is 0 Å². The van der Waals surface area contributed by atoms with Gasteiger partial charge in [0.25, 0.3) is 0 Å². The summed E-state index contributed by atoms with van der Waals surface area (Å²) >= 11 is 0. The molecule has 0 saturated heterocycles. The Morgan fingerprint density at radius 3 is 1.41 bits per heavy atom. The molecular weight excluding hydrogens is 545 g/mol. The molecule has 206 valence electrons. The van der Waals surface area contributed by atoms with E-state index in [1.165, 1.54) is 12.5 Å². The number of nitrogens with zero attached hydrogens (tertiary/aromatic N) is 2. The maximum absolute atomic E-state index is 13.1. The number of aromatic nitrogens is 2. The van der Waals surface area contributed by atoms with Crippen LogP contribution < -0.4 is 0 Å². The molecule has 0 N–H and O–H groups in total. The summed E-state index contributed by atoms with van der Waals surface area (Å²) in [5.41, 5.74) is 1.29. The second-order valence-electron chi connectivity index (χ2n) is 8.63. The van der Waals surface area contributed by atoms with Crippen molar-refractivity contribution < 1.29 is 40.0 Å². The molecule has 5 nitrogen and oxygen atoms in total. The van der Waals surface area contributed by atoms with Crippen molar-refractivity contribution in [1.82, 2.24) is 9.55 Å². The third-order valence-electron chi connectivity index (χ3n) is 5.80. The van der Waals surface area contributed by atoms with Crippen LogP contribution in [0.25, 0.3) is 0 Å². The van der Waals surface area contributed by atoms with Gasteiger partial charge in [0.15, 0.2) is 13.2 Å². The summed E-state index contributed by atoms with van der Waals surface area (Å²) in [6.07, 6.45) is -7.95. The fourth-order valence-electron chi connectivity index (χ4n) is 4.28. The van der Waals surface area contributed by atoms with Gasteiger partial charge < -0.3 is 4.57 Å². The Bertz CT molecular complexity index is 1280. The van der Waals surface area contributed by atoms with E-state index in [2.05, 4.69) is 14.0 Å². The Labute approximate surface area is 220 Å². The van der Waals surface area contributed by atoms with Crippen LogP contribution >= 0.6 is 7.60 Å². The van der Waals surface area contributed by atoms with Crippen LogP contribution in [0.15, 0.2) is 104 Å². The minimum Gasteiger partial charge on any atom is -0.319 e. The van der Waals surface area contributed by atoms with E-state index in [-0.39, 0.29) is 5.69 Å². The highest BCUT2D eigenvalue weighted by molar-refractivity contribution is 7.53. The Morgan fingerprint density at radius 1 is 0.667 bits per heavy atom. The quantitative estimate of drug-likeness (QED) is 0.113. The van der Waals surface area contributed by atoms with Gasteiger partial charge in [-0.1, -0.05) is 91.0 Å². The lowest BCUT2D eigenvalue weighted by atomic mass is 9.77. The number of halogens is 6. The van der Waals surface area contributed by atoms with Crippen LogP contribution in [0.4, 0.5) is 26.3 Å². The molecule has 1 heterocycles. The van der Waals surface area contributed by atoms with Gasteiger partial charge >= 0.3 is 19.9 Å². The molecule has 0 saturated carbocycles. The maximum Gasteiger partial charge on any atom is 0.412 e. The minimum absolute atomic E-state index is 0.0742. The number of hydrogen-bond acceptors (Lipinski definition) is 4. The van der Waals surface area contributed by atoms with Crippen molar-refractivity contribution >= 4 is 7.60 Å². The van der Waals surface area contributed by atoms with E-state index < -0.39 is 44.9 Å². The van der Waals surface area contributed by atoms with Crippen molar-refractivity contribution in [2.24, 2.45) is 0 Å². The molecule has 4 rings (SSSR count). The molecule has 0 radical (unpaired) electrons. The fraction of sp³-hybridized carbons (Fsp3) is 0.222. The molecular formula is C27H23F6N2O3P. The third-order valence-corrected chi connectivity index (χ3v) is 7.56. The lowest BCUT2D eigenvalue weighted by Crippen LogP contribution is -2.36. The topological polar surface area (TPSA) is 53.4 Å². The number of benzene rings is 3. The summed E-state index contributed by atoms with van der Waals surface area (Å²) in [6.45, 7) is -4.07. The van der Waals surface area contributed by atoms with Crippen LogP contribution in [0, 0.1) is 0 Å². The largest absolute Gasteiger partial charge is 0.412 e. The van der Waals surface area contributed by atoms with E-state index in [1.54, 1.807) is 4.57 Å². The van der Waals surface area contributed by atoms with Gasteiger partial charge in [0.1, 0.15) is 5.54 Å². The second kappa shape index (κ2) is 11.4. The predicted molar refractivity (Wildman–Crippen MR) is 132 cm³/mol. The van der Waals surface area contributed by atoms with E-state index in [4.69, 9.17) is 0 Å². The normalized spacial score (nSPS) is 13.0. The van der Waals surface area contributed by atoms with E-state index in [0.717, 1.165) is 16.7 Å². The minimum atomic E-state index is -4.93. The Kier molecular flexibility index (Phi) is 8.34. The predicted octanol–water partition coefficient (Wildman–Crippen LogP) is 7.57. The molecule has 0 bridgehead atoms. The van der Waals surface area contributed by atoms with Gasteiger partial charge in [0, 0.05) is 6.20 Å². The third kappa shape index (κ3) is 6.98. The first kappa shape index (κ1) is 28.6. The van der Waals surface area contributed by atoms with Gasteiger partial charge in [-0.3, -0.25) is 13.6 Å². The highest BCUT2D eigenvalue weighted by Crippen LogP contribution is 2.53. The smallest absolute Gasteiger partial charge is 0.319 e. The molecule has 0 aliphatic carbocycles. The average Bonchev–Trinajstić information content (AvgIpc) is 3.36. The molecule has 0 fully saturated rings. The summed E-state index contributed by atoms with van der Waals surface area (Å²) in [7, 11) is -4.90. The van der Waals surface area contributed by atoms with Crippen LogP contribution in [0.1, 0.15) is 22.4 Å². The summed E-state index contributed by atoms with van der Waals surface area (Å²) in [5.74, 6) is 0. The SMILES string of the molecule is O=P(Cc1cn(C(c2ccccc2)(c2ccccc2)c2ccccc2)cn1)(OCC(F)(F)F)OCC(F)(F)F. The van der Waals surface area contributed by atoms with Crippen LogP contribution in [-0.2, 0) is 25.3 Å². The first-order chi connectivity index (χ1) is 18.4. The molecule has 12 heteroatoms. The molecule has 0 aliphatic heterocycles. The van der Waals surface area contributed by atoms with Gasteiger partial charge in [-0.15, -0.1) is 0 Å². The molecule has 3 aromatic carbocycles. The molecule has 0 amide bonds. The van der Waals surface area contributed by atoms with E-state index >= 15 is 0 Å². The fourth-order valence-corrected chi connectivity index (χ4v) is 5.79. The number of hydrogen-bond donors (Lipinski definition) is 0. The molecule has 39 heavy (non-hydrogen) atoms. The first-order valence-electron chi connectivity index (χ1n) is 11.6. The van der Waals surface area contributed by atoms with Gasteiger partial charge in [0.2, 0.25) is 0 Å². The highest BCUT2D eigenvalue weighted by atomic mass is 31.2. The van der Waals surface area contributed by atoms with Gasteiger partial charge in [-0.25, -0.2) is 4.98 Å². The molecule has 4 aromatic rings. The van der Waals surface area contributed by atoms with Crippen LogP contribution in [-0.4, -0.2) is 35.1 Å². The lowest BCUT2D eigenvalue weighted by Gasteiger charge is -2.37. The van der Waals surface area contributed by atoms with Crippen molar-refractivity contribution in [3.8, 4) is 0 Å². The number of alkyl halides is 6. The monoisotopic (exact) mass is 568 g/mol. The van der Waals surface area contributed by atoms with Crippen molar-refractivity contribution in [2.45, 2.75) is 24.1 Å². The van der Waals surface area contributed by atoms with Crippen LogP contribution in [0.5, 0.6) is 0 Å². The zero-order chi connectivity index (χ0) is 28.2. The first-order valence-corrected chi connectivity index (χ1v) is 13.4. The van der Waals surface area contributed by atoms with Crippen molar-refractivity contribution in [2.75, 3.05) is 13.2 Å². The van der Waals surface area contributed by atoms with Gasteiger partial charge in [0.05, 0.1) is 18.2 Å². The average molecular weight is 568 g/mol. The number of imidazole rings is 1. The molecule has 0 unspecified atom stereocenters. The van der Waals surface area contributed by atoms with Gasteiger partial charge in [-0.05, 0) is 16.7 Å². The Balaban J connectivity index is 1.81. The molecule has 0 atom stereocenters. The van der Waals surface area contributed by atoms with Crippen molar-refractivity contribution in [1.29, 1.82) is 0 Å². The molecule has 0 aliphatic rings. The summed E-state index contributed by atoms with van der Waals surface area (Å²) in [4.78, 5) is 4.20. The van der Waals surface area contributed by atoms with Crippen molar-refractivity contribution in [3.05, 3.63) is 126 Å². The lowest BCUT2D eigenvalue weighted by molar-refractivity contribution is -0.165. The summed E-state index contributed by atoms with van der Waals surface area (Å²) in [5, 5.41) is 0. The van der Waals surface area contributed by atoms with Gasteiger partial charge in [-0.2, -0.15) is 26.3 Å². The molecule has 0 spiro atoms. The van der Waals surface area contributed by atoms with E-state index in [1.807, 2.05) is 91.0 Å². The zero-order valence-corrected chi connectivity index (χ0v) is 21.2. The van der Waals surface area contributed by atoms with E-state index in [9.17, 15) is 30.9 Å². The maximum atomic E-state index is 13.1. The molecule has 1 aromatic heterocycles. The standard InChI is InChI=1S/C27H23F6N2O3P/c28-25(29,30)18-37-39(36,38-19-26(31,32)33)17-24-16-35(20-34-24)27(21-10-4-1-5-11-21,22-12-6-2-7-13-22)23-14-8-3-9-15-23/h1-16,20H,17-19H2.